The lowest BCUT2D eigenvalue weighted by Crippen LogP contribution is -2.17. The summed E-state index contributed by atoms with van der Waals surface area (Å²) in [5, 5.41) is 11.3. The van der Waals surface area contributed by atoms with Crippen LogP contribution in [0.1, 0.15) is 54.2 Å². The number of aromatic nitrogens is 1. The van der Waals surface area contributed by atoms with Crippen molar-refractivity contribution in [2.24, 2.45) is 0 Å². The van der Waals surface area contributed by atoms with E-state index in [0.717, 1.165) is 12.8 Å². The van der Waals surface area contributed by atoms with Crippen LogP contribution in [-0.2, 0) is 9.53 Å². The number of fused-ring (bicyclic) bond motifs is 1. The van der Waals surface area contributed by atoms with Crippen molar-refractivity contribution in [1.29, 1.82) is 0 Å². The van der Waals surface area contributed by atoms with E-state index in [2.05, 4.69) is 0 Å². The van der Waals surface area contributed by atoms with Crippen molar-refractivity contribution >= 4 is 46.0 Å². The number of ether oxygens (including phenoxy) is 1. The molecule has 2 aromatic carbocycles. The molecule has 5 nitrogen and oxygen atoms in total. The topological polar surface area (TPSA) is 68.5 Å². The van der Waals surface area contributed by atoms with Crippen LogP contribution in [0.4, 0.5) is 0 Å². The Bertz CT molecular complexity index is 1120. The largest absolute Gasteiger partial charge is 0.508 e. The van der Waals surface area contributed by atoms with Gasteiger partial charge in [0.05, 0.1) is 28.1 Å². The van der Waals surface area contributed by atoms with E-state index < -0.39 is 5.92 Å². The number of rotatable bonds is 6. The van der Waals surface area contributed by atoms with Crippen LogP contribution in [0.3, 0.4) is 0 Å². The Hall–Kier alpha value is -2.50. The lowest BCUT2D eigenvalue weighted by molar-refractivity contribution is -0.145. The van der Waals surface area contributed by atoms with Crippen LogP contribution in [0.5, 0.6) is 5.75 Å². The van der Waals surface area contributed by atoms with E-state index in [1.807, 2.05) is 6.92 Å². The number of aromatic hydroxyl groups is 1. The van der Waals surface area contributed by atoms with Crippen molar-refractivity contribution in [2.45, 2.75) is 39.5 Å². The standard InChI is InChI=1S/C23H23Cl2NO4/c1-4-5-10-30-23(29)13(2)21-14(3)26(20-9-7-16(27)12-17(20)21)22(28)15-6-8-18(24)19(25)11-15/h6-9,11-13,27H,4-5,10H2,1-3H3/t13-/m1/s1. The van der Waals surface area contributed by atoms with Crippen molar-refractivity contribution in [1.82, 2.24) is 4.57 Å². The van der Waals surface area contributed by atoms with Gasteiger partial charge in [0.2, 0.25) is 0 Å². The highest BCUT2D eigenvalue weighted by Crippen LogP contribution is 2.35. The van der Waals surface area contributed by atoms with Crippen molar-refractivity contribution in [3.8, 4) is 5.75 Å². The highest BCUT2D eigenvalue weighted by molar-refractivity contribution is 6.42. The molecule has 0 spiro atoms. The molecule has 1 heterocycles. The predicted molar refractivity (Wildman–Crippen MR) is 119 cm³/mol. The number of carbonyl (C=O) groups is 2. The third-order valence-electron chi connectivity index (χ3n) is 5.13. The second kappa shape index (κ2) is 9.11. The number of phenols is 1. The Labute approximate surface area is 185 Å². The van der Waals surface area contributed by atoms with E-state index >= 15 is 0 Å². The third kappa shape index (κ3) is 4.18. The van der Waals surface area contributed by atoms with Crippen LogP contribution in [0.25, 0.3) is 10.9 Å². The first-order chi connectivity index (χ1) is 14.3. The van der Waals surface area contributed by atoms with Gasteiger partial charge in [-0.05, 0) is 62.2 Å². The molecule has 3 rings (SSSR count). The molecule has 0 saturated heterocycles. The summed E-state index contributed by atoms with van der Waals surface area (Å²) in [4.78, 5) is 25.9. The van der Waals surface area contributed by atoms with E-state index in [1.165, 1.54) is 16.7 Å². The molecule has 7 heteroatoms. The Balaban J connectivity index is 2.12. The van der Waals surface area contributed by atoms with Gasteiger partial charge in [0.1, 0.15) is 5.75 Å². The minimum atomic E-state index is -0.603. The number of nitrogens with zero attached hydrogens (tertiary/aromatic N) is 1. The molecular weight excluding hydrogens is 425 g/mol. The minimum absolute atomic E-state index is 0.0504. The van der Waals surface area contributed by atoms with Gasteiger partial charge in [0.25, 0.3) is 5.91 Å². The molecular formula is C23H23Cl2NO4. The molecule has 0 saturated carbocycles. The Morgan fingerprint density at radius 2 is 1.87 bits per heavy atom. The lowest BCUT2D eigenvalue weighted by Gasteiger charge is -2.13. The molecule has 0 aliphatic heterocycles. The van der Waals surface area contributed by atoms with E-state index in [1.54, 1.807) is 38.1 Å². The van der Waals surface area contributed by atoms with E-state index in [9.17, 15) is 14.7 Å². The monoisotopic (exact) mass is 447 g/mol. The van der Waals surface area contributed by atoms with Crippen LogP contribution >= 0.6 is 23.2 Å². The zero-order valence-electron chi connectivity index (χ0n) is 17.0. The van der Waals surface area contributed by atoms with Gasteiger partial charge in [-0.25, -0.2) is 0 Å². The molecule has 0 aliphatic carbocycles. The van der Waals surface area contributed by atoms with Gasteiger partial charge < -0.3 is 9.84 Å². The first-order valence-electron chi connectivity index (χ1n) is 9.76. The summed E-state index contributed by atoms with van der Waals surface area (Å²) in [6, 6.07) is 9.41. The number of halogens is 2. The van der Waals surface area contributed by atoms with Crippen molar-refractivity contribution in [2.75, 3.05) is 6.61 Å². The van der Waals surface area contributed by atoms with Crippen LogP contribution in [0.15, 0.2) is 36.4 Å². The number of hydrogen-bond acceptors (Lipinski definition) is 4. The first-order valence-corrected chi connectivity index (χ1v) is 10.5. The summed E-state index contributed by atoms with van der Waals surface area (Å²) in [5.74, 6) is -1.22. The van der Waals surface area contributed by atoms with Gasteiger partial charge in [0, 0.05) is 16.6 Å². The molecule has 0 radical (unpaired) electrons. The normalized spacial score (nSPS) is 12.2. The maximum Gasteiger partial charge on any atom is 0.313 e. The predicted octanol–water partition coefficient (Wildman–Crippen LogP) is 6.10. The van der Waals surface area contributed by atoms with E-state index in [-0.39, 0.29) is 22.6 Å². The molecule has 3 aromatic rings. The summed E-state index contributed by atoms with van der Waals surface area (Å²) >= 11 is 12.1. The van der Waals surface area contributed by atoms with Gasteiger partial charge >= 0.3 is 5.97 Å². The minimum Gasteiger partial charge on any atom is -0.508 e. The van der Waals surface area contributed by atoms with Gasteiger partial charge in [0.15, 0.2) is 0 Å². The van der Waals surface area contributed by atoms with Gasteiger partial charge in [-0.1, -0.05) is 36.5 Å². The second-order valence-corrected chi connectivity index (χ2v) is 8.03. The molecule has 0 amide bonds. The second-order valence-electron chi connectivity index (χ2n) is 7.21. The zero-order valence-corrected chi connectivity index (χ0v) is 18.5. The fourth-order valence-corrected chi connectivity index (χ4v) is 3.86. The average Bonchev–Trinajstić information content (AvgIpc) is 2.99. The van der Waals surface area contributed by atoms with Crippen LogP contribution < -0.4 is 0 Å². The highest BCUT2D eigenvalue weighted by Gasteiger charge is 2.27. The maximum absolute atomic E-state index is 13.3. The molecule has 0 unspecified atom stereocenters. The lowest BCUT2D eigenvalue weighted by atomic mass is 9.98. The molecule has 30 heavy (non-hydrogen) atoms. The number of hydrogen-bond donors (Lipinski definition) is 1. The number of benzene rings is 2. The van der Waals surface area contributed by atoms with Gasteiger partial charge in [-0.2, -0.15) is 0 Å². The smallest absolute Gasteiger partial charge is 0.313 e. The molecule has 1 atom stereocenters. The van der Waals surface area contributed by atoms with Gasteiger partial charge in [-0.15, -0.1) is 0 Å². The number of unbranched alkanes of at least 4 members (excludes halogenated alkanes) is 1. The first kappa shape index (κ1) is 22.2. The van der Waals surface area contributed by atoms with Crippen LogP contribution in [0, 0.1) is 6.92 Å². The van der Waals surface area contributed by atoms with Crippen LogP contribution in [-0.4, -0.2) is 28.2 Å². The number of esters is 1. The SMILES string of the molecule is CCCCOC(=O)[C@H](C)c1c(C)n(C(=O)c2ccc(Cl)c(Cl)c2)c2ccc(O)cc12. The zero-order chi connectivity index (χ0) is 22.0. The van der Waals surface area contributed by atoms with Crippen LogP contribution in [0.2, 0.25) is 10.0 Å². The summed E-state index contributed by atoms with van der Waals surface area (Å²) in [6.07, 6.45) is 1.71. The molecule has 1 aromatic heterocycles. The Morgan fingerprint density at radius 1 is 1.13 bits per heavy atom. The van der Waals surface area contributed by atoms with E-state index in [0.29, 0.717) is 39.4 Å². The molecule has 158 valence electrons. The number of carbonyl (C=O) groups excluding carboxylic acids is 2. The van der Waals surface area contributed by atoms with Crippen molar-refractivity contribution in [3.05, 3.63) is 63.3 Å². The third-order valence-corrected chi connectivity index (χ3v) is 5.87. The Morgan fingerprint density at radius 3 is 2.53 bits per heavy atom. The Kier molecular flexibility index (Phi) is 6.74. The number of phenolic OH excluding ortho intramolecular Hbond substituents is 1. The average molecular weight is 448 g/mol. The molecule has 0 fully saturated rings. The summed E-state index contributed by atoms with van der Waals surface area (Å²) in [5.41, 5.74) is 2.20. The summed E-state index contributed by atoms with van der Waals surface area (Å²) in [7, 11) is 0. The molecule has 0 bridgehead atoms. The summed E-state index contributed by atoms with van der Waals surface area (Å²) in [6.45, 7) is 5.89. The van der Waals surface area contributed by atoms with E-state index in [4.69, 9.17) is 27.9 Å². The maximum atomic E-state index is 13.3. The molecule has 1 N–H and O–H groups in total. The highest BCUT2D eigenvalue weighted by atomic mass is 35.5. The van der Waals surface area contributed by atoms with Gasteiger partial charge in [-0.3, -0.25) is 14.2 Å². The fourth-order valence-electron chi connectivity index (χ4n) is 3.56. The van der Waals surface area contributed by atoms with Crippen molar-refractivity contribution in [3.63, 3.8) is 0 Å². The molecule has 0 aliphatic rings. The summed E-state index contributed by atoms with van der Waals surface area (Å²) < 4.78 is 6.92. The van der Waals surface area contributed by atoms with Crippen molar-refractivity contribution < 1.29 is 19.4 Å². The fraction of sp³-hybridized carbons (Fsp3) is 0.304. The quantitative estimate of drug-likeness (QED) is 0.366.